The van der Waals surface area contributed by atoms with Crippen LogP contribution in [0.3, 0.4) is 0 Å². The van der Waals surface area contributed by atoms with Crippen molar-refractivity contribution in [3.63, 3.8) is 0 Å². The Bertz CT molecular complexity index is 1060. The quantitative estimate of drug-likeness (QED) is 0.347. The maximum Gasteiger partial charge on any atom is 0.339 e. The lowest BCUT2D eigenvalue weighted by Crippen LogP contribution is -2.10. The van der Waals surface area contributed by atoms with Gasteiger partial charge in [-0.3, -0.25) is 4.57 Å². The number of rotatable bonds is 8. The minimum absolute atomic E-state index is 0.101. The van der Waals surface area contributed by atoms with Gasteiger partial charge in [0.15, 0.2) is 11.6 Å². The third-order valence-corrected chi connectivity index (χ3v) is 8.71. The van der Waals surface area contributed by atoms with Crippen LogP contribution in [-0.4, -0.2) is 13.2 Å². The van der Waals surface area contributed by atoms with Crippen molar-refractivity contribution in [3.8, 4) is 0 Å². The molecule has 0 bridgehead atoms. The van der Waals surface area contributed by atoms with E-state index >= 15 is 0 Å². The topological polar surface area (TPSA) is 35.5 Å². The van der Waals surface area contributed by atoms with Crippen LogP contribution in [0.15, 0.2) is 36.4 Å². The van der Waals surface area contributed by atoms with E-state index in [1.807, 2.05) is 6.92 Å². The highest BCUT2D eigenvalue weighted by atomic mass is 32.1. The molecule has 29 heavy (non-hydrogen) atoms. The molecular formula is C21H22F3O3PS. The summed E-state index contributed by atoms with van der Waals surface area (Å²) in [6.07, 6.45) is 0.101. The third kappa shape index (κ3) is 4.43. The standard InChI is InChI=1S/C21H22F3O3PS/c1-4-26-28(25,27-5-2)19(12-14-9-10-16(22)18(24)11-14)20-13(3)15-7-6-8-17(23)21(15)29-20/h6-11,19H,4-5,12H2,1-3H3. The maximum absolute atomic E-state index is 14.3. The summed E-state index contributed by atoms with van der Waals surface area (Å²) in [4.78, 5) is 0.653. The molecule has 0 spiro atoms. The molecule has 0 saturated heterocycles. The molecule has 0 aliphatic rings. The Kier molecular flexibility index (Phi) is 6.84. The zero-order chi connectivity index (χ0) is 21.2. The Morgan fingerprint density at radius 3 is 2.28 bits per heavy atom. The van der Waals surface area contributed by atoms with Crippen LogP contribution in [0.4, 0.5) is 13.2 Å². The van der Waals surface area contributed by atoms with Crippen LogP contribution in [0, 0.1) is 24.4 Å². The van der Waals surface area contributed by atoms with Gasteiger partial charge in [-0.25, -0.2) is 13.2 Å². The van der Waals surface area contributed by atoms with Gasteiger partial charge in [0.1, 0.15) is 5.82 Å². The van der Waals surface area contributed by atoms with Gasteiger partial charge in [0.25, 0.3) is 0 Å². The summed E-state index contributed by atoms with van der Waals surface area (Å²) in [6, 6.07) is 8.35. The van der Waals surface area contributed by atoms with E-state index in [4.69, 9.17) is 9.05 Å². The largest absolute Gasteiger partial charge is 0.339 e. The highest BCUT2D eigenvalue weighted by Crippen LogP contribution is 2.64. The van der Waals surface area contributed by atoms with Crippen molar-refractivity contribution in [2.75, 3.05) is 13.2 Å². The summed E-state index contributed by atoms with van der Waals surface area (Å²) in [6.45, 7) is 5.55. The molecular weight excluding hydrogens is 420 g/mol. The predicted molar refractivity (Wildman–Crippen MR) is 110 cm³/mol. The molecule has 0 N–H and O–H groups in total. The molecule has 1 unspecified atom stereocenters. The van der Waals surface area contributed by atoms with Crippen molar-refractivity contribution in [1.82, 2.24) is 0 Å². The van der Waals surface area contributed by atoms with E-state index in [1.54, 1.807) is 26.0 Å². The monoisotopic (exact) mass is 442 g/mol. The molecule has 156 valence electrons. The number of hydrogen-bond acceptors (Lipinski definition) is 4. The van der Waals surface area contributed by atoms with Gasteiger partial charge >= 0.3 is 7.60 Å². The molecule has 3 nitrogen and oxygen atoms in total. The van der Waals surface area contributed by atoms with Crippen LogP contribution in [0.2, 0.25) is 0 Å². The van der Waals surface area contributed by atoms with E-state index in [0.717, 1.165) is 23.1 Å². The van der Waals surface area contributed by atoms with E-state index < -0.39 is 24.9 Å². The summed E-state index contributed by atoms with van der Waals surface area (Å²) in [7, 11) is -3.67. The fourth-order valence-corrected chi connectivity index (χ4v) is 7.17. The summed E-state index contributed by atoms with van der Waals surface area (Å²) < 4.78 is 66.8. The van der Waals surface area contributed by atoms with Crippen molar-refractivity contribution in [3.05, 3.63) is 69.9 Å². The first-order chi connectivity index (χ1) is 13.8. The number of hydrogen-bond donors (Lipinski definition) is 0. The van der Waals surface area contributed by atoms with Gasteiger partial charge in [-0.05, 0) is 61.9 Å². The molecule has 0 aliphatic heterocycles. The lowest BCUT2D eigenvalue weighted by atomic mass is 10.0. The minimum atomic E-state index is -3.67. The van der Waals surface area contributed by atoms with Crippen molar-refractivity contribution in [1.29, 1.82) is 0 Å². The summed E-state index contributed by atoms with van der Waals surface area (Å²) in [5, 5.41) is 0.722. The number of benzene rings is 2. The van der Waals surface area contributed by atoms with E-state index in [0.29, 0.717) is 15.1 Å². The van der Waals surface area contributed by atoms with Crippen molar-refractivity contribution in [2.45, 2.75) is 32.9 Å². The molecule has 1 heterocycles. The molecule has 0 aliphatic carbocycles. The van der Waals surface area contributed by atoms with Gasteiger partial charge in [-0.1, -0.05) is 18.2 Å². The number of thiophene rings is 1. The Morgan fingerprint density at radius 2 is 1.69 bits per heavy atom. The molecule has 8 heteroatoms. The molecule has 3 aromatic rings. The average Bonchev–Trinajstić information content (AvgIpc) is 3.01. The zero-order valence-corrected chi connectivity index (χ0v) is 18.1. The molecule has 0 saturated carbocycles. The van der Waals surface area contributed by atoms with E-state index in [-0.39, 0.29) is 25.5 Å². The Morgan fingerprint density at radius 1 is 1.00 bits per heavy atom. The van der Waals surface area contributed by atoms with E-state index in [2.05, 4.69) is 0 Å². The molecule has 0 fully saturated rings. The zero-order valence-electron chi connectivity index (χ0n) is 16.4. The van der Waals surface area contributed by atoms with E-state index in [1.165, 1.54) is 23.5 Å². The predicted octanol–water partition coefficient (Wildman–Crippen LogP) is 7.18. The highest BCUT2D eigenvalue weighted by Gasteiger charge is 2.39. The first kappa shape index (κ1) is 22.0. The summed E-state index contributed by atoms with van der Waals surface area (Å²) in [5.41, 5.74) is 0.451. The Hall–Kier alpha value is -1.66. The highest BCUT2D eigenvalue weighted by molar-refractivity contribution is 7.54. The van der Waals surface area contributed by atoms with Gasteiger partial charge < -0.3 is 9.05 Å². The molecule has 0 amide bonds. The number of fused-ring (bicyclic) bond motifs is 1. The van der Waals surface area contributed by atoms with Gasteiger partial charge in [-0.2, -0.15) is 0 Å². The van der Waals surface area contributed by atoms with Gasteiger partial charge in [0.05, 0.1) is 23.6 Å². The Labute approximate surface area is 172 Å². The summed E-state index contributed by atoms with van der Waals surface area (Å²) in [5.74, 6) is -2.30. The number of aryl methyl sites for hydroxylation is 1. The van der Waals surface area contributed by atoms with Gasteiger partial charge in [-0.15, -0.1) is 11.3 Å². The smallest absolute Gasteiger partial charge is 0.308 e. The van der Waals surface area contributed by atoms with Crippen LogP contribution >= 0.6 is 18.9 Å². The molecule has 1 aromatic heterocycles. The van der Waals surface area contributed by atoms with Crippen molar-refractivity contribution in [2.24, 2.45) is 0 Å². The van der Waals surface area contributed by atoms with Crippen molar-refractivity contribution >= 4 is 29.0 Å². The molecule has 3 rings (SSSR count). The lowest BCUT2D eigenvalue weighted by Gasteiger charge is -2.26. The normalized spacial score (nSPS) is 13.2. The number of halogens is 3. The molecule has 0 radical (unpaired) electrons. The Balaban J connectivity index is 2.17. The first-order valence-electron chi connectivity index (χ1n) is 9.31. The maximum atomic E-state index is 14.3. The van der Waals surface area contributed by atoms with E-state index in [9.17, 15) is 17.7 Å². The molecule has 2 aromatic carbocycles. The molecule has 1 atom stereocenters. The average molecular weight is 442 g/mol. The SMILES string of the molecule is CCOP(=O)(OCC)C(Cc1ccc(F)c(F)c1)c1sc2c(F)cccc2c1C. The second-order valence-corrected chi connectivity index (χ2v) is 9.82. The minimum Gasteiger partial charge on any atom is -0.308 e. The van der Waals surface area contributed by atoms with Gasteiger partial charge in [0, 0.05) is 4.88 Å². The van der Waals surface area contributed by atoms with Crippen LogP contribution in [0.5, 0.6) is 0 Å². The van der Waals surface area contributed by atoms with Crippen LogP contribution in [-0.2, 0) is 20.0 Å². The second-order valence-electron chi connectivity index (χ2n) is 6.55. The fraction of sp³-hybridized carbons (Fsp3) is 0.333. The van der Waals surface area contributed by atoms with Crippen LogP contribution in [0.1, 0.15) is 35.5 Å². The first-order valence-corrected chi connectivity index (χ1v) is 11.7. The fourth-order valence-electron chi connectivity index (χ4n) is 3.36. The summed E-state index contributed by atoms with van der Waals surface area (Å²) >= 11 is 1.19. The van der Waals surface area contributed by atoms with Crippen LogP contribution < -0.4 is 0 Å². The van der Waals surface area contributed by atoms with Crippen molar-refractivity contribution < 1.29 is 26.8 Å². The van der Waals surface area contributed by atoms with Gasteiger partial charge in [0.2, 0.25) is 0 Å². The second kappa shape index (κ2) is 9.00. The lowest BCUT2D eigenvalue weighted by molar-refractivity contribution is 0.212. The third-order valence-electron chi connectivity index (χ3n) is 4.67. The van der Waals surface area contributed by atoms with Crippen LogP contribution in [0.25, 0.3) is 10.1 Å².